The molecule has 1 heterocycles. The molecule has 1 aliphatic heterocycles. The lowest BCUT2D eigenvalue weighted by molar-refractivity contribution is 0.173. The summed E-state index contributed by atoms with van der Waals surface area (Å²) in [6.45, 7) is 14.1. The summed E-state index contributed by atoms with van der Waals surface area (Å²) in [5.74, 6) is 1.91. The maximum atomic E-state index is 5.31. The van der Waals surface area contributed by atoms with Crippen LogP contribution in [0.25, 0.3) is 0 Å². The van der Waals surface area contributed by atoms with Gasteiger partial charge in [0, 0.05) is 13.2 Å². The summed E-state index contributed by atoms with van der Waals surface area (Å²) in [7, 11) is 0. The van der Waals surface area contributed by atoms with Crippen molar-refractivity contribution in [2.45, 2.75) is 60.8 Å². The van der Waals surface area contributed by atoms with Gasteiger partial charge in [0.15, 0.2) is 0 Å². The van der Waals surface area contributed by atoms with Crippen LogP contribution in [0.5, 0.6) is 0 Å². The van der Waals surface area contributed by atoms with Crippen molar-refractivity contribution < 1.29 is 4.74 Å². The minimum Gasteiger partial charge on any atom is -0.381 e. The van der Waals surface area contributed by atoms with Gasteiger partial charge in [0.2, 0.25) is 0 Å². The molecule has 0 aromatic carbocycles. The van der Waals surface area contributed by atoms with Gasteiger partial charge in [-0.2, -0.15) is 0 Å². The predicted octanol–water partition coefficient (Wildman–Crippen LogP) is 4.51. The molecular weight excluding hydrogens is 172 g/mol. The van der Waals surface area contributed by atoms with Crippen molar-refractivity contribution in [3.05, 3.63) is 0 Å². The first-order valence-corrected chi connectivity index (χ1v) is 6.54. The lowest BCUT2D eigenvalue weighted by Crippen LogP contribution is -2.01. The number of ether oxygens (including phenoxy) is 1. The Hall–Kier alpha value is -0.0400. The summed E-state index contributed by atoms with van der Waals surface area (Å²) < 4.78 is 5.31. The second kappa shape index (κ2) is 13.0. The van der Waals surface area contributed by atoms with Gasteiger partial charge in [-0.05, 0) is 24.7 Å². The first kappa shape index (κ1) is 16.4. The Labute approximate surface area is 91.2 Å². The molecule has 0 aromatic rings. The fraction of sp³-hybridized carbons (Fsp3) is 1.00. The van der Waals surface area contributed by atoms with E-state index in [4.69, 9.17) is 4.74 Å². The highest BCUT2D eigenvalue weighted by Crippen LogP contribution is 2.35. The Bertz CT molecular complexity index is 71.2. The zero-order valence-electron chi connectivity index (χ0n) is 11.1. The highest BCUT2D eigenvalue weighted by Gasteiger charge is 2.31. The minimum atomic E-state index is 0.954. The molecule has 1 saturated carbocycles. The van der Waals surface area contributed by atoms with Gasteiger partial charge < -0.3 is 4.74 Å². The second-order valence-electron chi connectivity index (χ2n) is 2.99. The molecule has 1 aliphatic carbocycles. The van der Waals surface area contributed by atoms with E-state index in [1.807, 2.05) is 41.5 Å². The largest absolute Gasteiger partial charge is 0.381 e. The molecule has 0 amide bonds. The molecule has 14 heavy (non-hydrogen) atoms. The Morgan fingerprint density at radius 3 is 1.43 bits per heavy atom. The predicted molar refractivity (Wildman–Crippen MR) is 65.7 cm³/mol. The maximum Gasteiger partial charge on any atom is 0.0497 e. The molecule has 1 heteroatoms. The SMILES string of the molecule is C1CC2COCC2C1.CC.CC.CC. The Morgan fingerprint density at radius 2 is 1.07 bits per heavy atom. The van der Waals surface area contributed by atoms with E-state index in [-0.39, 0.29) is 0 Å². The summed E-state index contributed by atoms with van der Waals surface area (Å²) in [4.78, 5) is 0. The molecule has 0 spiro atoms. The van der Waals surface area contributed by atoms with E-state index in [1.54, 1.807) is 0 Å². The van der Waals surface area contributed by atoms with Gasteiger partial charge in [-0.25, -0.2) is 0 Å². The molecule has 0 aromatic heterocycles. The summed E-state index contributed by atoms with van der Waals surface area (Å²) in [5.41, 5.74) is 0. The second-order valence-corrected chi connectivity index (χ2v) is 2.99. The van der Waals surface area contributed by atoms with Gasteiger partial charge in [-0.1, -0.05) is 48.0 Å². The lowest BCUT2D eigenvalue weighted by Gasteiger charge is -2.01. The van der Waals surface area contributed by atoms with Crippen LogP contribution in [0, 0.1) is 11.8 Å². The fourth-order valence-electron chi connectivity index (χ4n) is 1.92. The maximum absolute atomic E-state index is 5.31. The Kier molecular flexibility index (Phi) is 15.2. The van der Waals surface area contributed by atoms with Crippen molar-refractivity contribution >= 4 is 0 Å². The van der Waals surface area contributed by atoms with Crippen LogP contribution >= 0.6 is 0 Å². The monoisotopic (exact) mass is 202 g/mol. The van der Waals surface area contributed by atoms with Crippen molar-refractivity contribution in [2.24, 2.45) is 11.8 Å². The summed E-state index contributed by atoms with van der Waals surface area (Å²) in [6, 6.07) is 0. The molecule has 0 radical (unpaired) electrons. The van der Waals surface area contributed by atoms with Gasteiger partial charge in [-0.3, -0.25) is 0 Å². The van der Waals surface area contributed by atoms with Crippen LogP contribution in [0.3, 0.4) is 0 Å². The quantitative estimate of drug-likeness (QED) is 0.561. The van der Waals surface area contributed by atoms with E-state index in [9.17, 15) is 0 Å². The van der Waals surface area contributed by atoms with Crippen molar-refractivity contribution in [1.82, 2.24) is 0 Å². The molecule has 1 nitrogen and oxygen atoms in total. The Balaban J connectivity index is 0. The molecule has 2 unspecified atom stereocenters. The van der Waals surface area contributed by atoms with Crippen molar-refractivity contribution in [1.29, 1.82) is 0 Å². The standard InChI is InChI=1S/C7H12O.3C2H6/c1-2-6-4-8-5-7(6)3-1;3*1-2/h6-7H,1-5H2;3*1-2H3. The van der Waals surface area contributed by atoms with Crippen LogP contribution in [-0.4, -0.2) is 13.2 Å². The third-order valence-corrected chi connectivity index (χ3v) is 2.48. The molecule has 2 aliphatic rings. The van der Waals surface area contributed by atoms with Gasteiger partial charge >= 0.3 is 0 Å². The third kappa shape index (κ3) is 5.64. The number of hydrogen-bond acceptors (Lipinski definition) is 1. The van der Waals surface area contributed by atoms with Crippen molar-refractivity contribution in [3.8, 4) is 0 Å². The molecule has 2 atom stereocenters. The number of hydrogen-bond donors (Lipinski definition) is 0. The van der Waals surface area contributed by atoms with E-state index in [0.29, 0.717) is 0 Å². The summed E-state index contributed by atoms with van der Waals surface area (Å²) >= 11 is 0. The highest BCUT2D eigenvalue weighted by molar-refractivity contribution is 4.80. The smallest absolute Gasteiger partial charge is 0.0497 e. The normalized spacial score (nSPS) is 27.0. The van der Waals surface area contributed by atoms with Gasteiger partial charge in [0.25, 0.3) is 0 Å². The van der Waals surface area contributed by atoms with Crippen LogP contribution in [0.4, 0.5) is 0 Å². The van der Waals surface area contributed by atoms with Crippen LogP contribution in [0.2, 0.25) is 0 Å². The lowest BCUT2D eigenvalue weighted by atomic mass is 10.0. The van der Waals surface area contributed by atoms with Gasteiger partial charge in [-0.15, -0.1) is 0 Å². The van der Waals surface area contributed by atoms with Crippen molar-refractivity contribution in [3.63, 3.8) is 0 Å². The first-order chi connectivity index (χ1) is 6.97. The molecular formula is C13H30O. The minimum absolute atomic E-state index is 0.954. The fourth-order valence-corrected chi connectivity index (χ4v) is 1.92. The number of rotatable bonds is 0. The molecule has 1 saturated heterocycles. The molecule has 88 valence electrons. The first-order valence-electron chi connectivity index (χ1n) is 6.54. The average molecular weight is 202 g/mol. The van der Waals surface area contributed by atoms with E-state index in [2.05, 4.69) is 0 Å². The molecule has 2 fully saturated rings. The van der Waals surface area contributed by atoms with Gasteiger partial charge in [0.1, 0.15) is 0 Å². The molecule has 0 N–H and O–H groups in total. The zero-order valence-corrected chi connectivity index (χ0v) is 11.1. The zero-order chi connectivity index (χ0) is 11.4. The van der Waals surface area contributed by atoms with E-state index >= 15 is 0 Å². The van der Waals surface area contributed by atoms with Crippen LogP contribution in [-0.2, 0) is 4.74 Å². The number of fused-ring (bicyclic) bond motifs is 1. The molecule has 0 bridgehead atoms. The summed E-state index contributed by atoms with van der Waals surface area (Å²) in [5, 5.41) is 0. The molecule has 2 rings (SSSR count). The van der Waals surface area contributed by atoms with Crippen LogP contribution < -0.4 is 0 Å². The van der Waals surface area contributed by atoms with Gasteiger partial charge in [0.05, 0.1) is 0 Å². The van der Waals surface area contributed by atoms with Crippen molar-refractivity contribution in [2.75, 3.05) is 13.2 Å². The highest BCUT2D eigenvalue weighted by atomic mass is 16.5. The van der Waals surface area contributed by atoms with E-state index in [0.717, 1.165) is 25.0 Å². The average Bonchev–Trinajstić information content (AvgIpc) is 2.89. The van der Waals surface area contributed by atoms with Crippen LogP contribution in [0.1, 0.15) is 60.8 Å². The Morgan fingerprint density at radius 1 is 0.714 bits per heavy atom. The van der Waals surface area contributed by atoms with E-state index in [1.165, 1.54) is 19.3 Å². The third-order valence-electron chi connectivity index (χ3n) is 2.48. The topological polar surface area (TPSA) is 9.23 Å². The van der Waals surface area contributed by atoms with E-state index < -0.39 is 0 Å². The van der Waals surface area contributed by atoms with Crippen LogP contribution in [0.15, 0.2) is 0 Å². The summed E-state index contributed by atoms with van der Waals surface area (Å²) in [6.07, 6.45) is 4.33.